The molecular weight excluding hydrogens is 304 g/mol. The molecule has 0 saturated heterocycles. The minimum Gasteiger partial charge on any atom is -0.494 e. The van der Waals surface area contributed by atoms with Crippen LogP contribution in [-0.4, -0.2) is 24.1 Å². The van der Waals surface area contributed by atoms with Crippen LogP contribution in [0.25, 0.3) is 0 Å². The molecule has 0 aliphatic rings. The molecule has 0 fully saturated rings. The molecule has 2 aromatic rings. The van der Waals surface area contributed by atoms with Gasteiger partial charge >= 0.3 is 0 Å². The topological polar surface area (TPSA) is 60.5 Å². The van der Waals surface area contributed by atoms with Crippen LogP contribution in [0, 0.1) is 0 Å². The highest BCUT2D eigenvalue weighted by atomic mass is 35.5. The molecule has 1 N–H and O–H groups in total. The SMILES string of the molecule is CCOc1cc(OCC)cc(C(=O)Nc2cccc(Cl)n2)c1. The second-order valence-electron chi connectivity index (χ2n) is 4.36. The van der Waals surface area contributed by atoms with Crippen LogP contribution in [0.15, 0.2) is 36.4 Å². The number of rotatable bonds is 6. The standard InChI is InChI=1S/C16H17ClN2O3/c1-3-21-12-8-11(9-13(10-12)22-4-2)16(20)19-15-7-5-6-14(17)18-15/h5-10H,3-4H2,1-2H3,(H,18,19,20). The minimum atomic E-state index is -0.308. The first-order valence-corrected chi connectivity index (χ1v) is 7.34. The van der Waals surface area contributed by atoms with Crippen molar-refractivity contribution in [3.05, 3.63) is 47.1 Å². The molecule has 1 heterocycles. The van der Waals surface area contributed by atoms with Gasteiger partial charge in [-0.05, 0) is 38.1 Å². The summed E-state index contributed by atoms with van der Waals surface area (Å²) < 4.78 is 10.9. The molecule has 116 valence electrons. The van der Waals surface area contributed by atoms with E-state index in [0.717, 1.165) is 0 Å². The van der Waals surface area contributed by atoms with Crippen molar-refractivity contribution in [3.8, 4) is 11.5 Å². The third kappa shape index (κ3) is 4.36. The predicted octanol–water partition coefficient (Wildman–Crippen LogP) is 3.78. The van der Waals surface area contributed by atoms with Gasteiger partial charge in [0.05, 0.1) is 13.2 Å². The maximum absolute atomic E-state index is 12.3. The molecule has 0 aliphatic heterocycles. The molecule has 22 heavy (non-hydrogen) atoms. The average Bonchev–Trinajstić information content (AvgIpc) is 2.47. The van der Waals surface area contributed by atoms with Gasteiger partial charge < -0.3 is 14.8 Å². The van der Waals surface area contributed by atoms with Crippen LogP contribution < -0.4 is 14.8 Å². The summed E-state index contributed by atoms with van der Waals surface area (Å²) in [6.45, 7) is 4.77. The zero-order valence-corrected chi connectivity index (χ0v) is 13.2. The summed E-state index contributed by atoms with van der Waals surface area (Å²) in [5, 5.41) is 3.01. The summed E-state index contributed by atoms with van der Waals surface area (Å²) in [6.07, 6.45) is 0. The van der Waals surface area contributed by atoms with E-state index < -0.39 is 0 Å². The Bertz CT molecular complexity index is 637. The van der Waals surface area contributed by atoms with E-state index in [2.05, 4.69) is 10.3 Å². The maximum atomic E-state index is 12.3. The summed E-state index contributed by atoms with van der Waals surface area (Å²) in [7, 11) is 0. The van der Waals surface area contributed by atoms with E-state index in [1.165, 1.54) is 0 Å². The van der Waals surface area contributed by atoms with Gasteiger partial charge in [-0.3, -0.25) is 4.79 Å². The first-order chi connectivity index (χ1) is 10.6. The van der Waals surface area contributed by atoms with Gasteiger partial charge in [-0.15, -0.1) is 0 Å². The van der Waals surface area contributed by atoms with Crippen LogP contribution in [0.2, 0.25) is 5.15 Å². The van der Waals surface area contributed by atoms with Crippen molar-refractivity contribution < 1.29 is 14.3 Å². The van der Waals surface area contributed by atoms with Gasteiger partial charge in [0.1, 0.15) is 22.5 Å². The first-order valence-electron chi connectivity index (χ1n) is 6.97. The number of hydrogen-bond acceptors (Lipinski definition) is 4. The summed E-state index contributed by atoms with van der Waals surface area (Å²) >= 11 is 5.80. The number of halogens is 1. The van der Waals surface area contributed by atoms with E-state index in [-0.39, 0.29) is 5.91 Å². The van der Waals surface area contributed by atoms with Crippen LogP contribution >= 0.6 is 11.6 Å². The molecule has 0 spiro atoms. The smallest absolute Gasteiger partial charge is 0.257 e. The second kappa shape index (κ2) is 7.66. The van der Waals surface area contributed by atoms with Gasteiger partial charge in [-0.1, -0.05) is 17.7 Å². The molecule has 1 amide bonds. The highest BCUT2D eigenvalue weighted by Gasteiger charge is 2.11. The van der Waals surface area contributed by atoms with Gasteiger partial charge in [-0.2, -0.15) is 0 Å². The summed E-state index contributed by atoms with van der Waals surface area (Å²) in [4.78, 5) is 16.4. The van der Waals surface area contributed by atoms with Crippen LogP contribution in [-0.2, 0) is 0 Å². The molecular formula is C16H17ClN2O3. The number of carbonyl (C=O) groups is 1. The lowest BCUT2D eigenvalue weighted by molar-refractivity contribution is 0.102. The van der Waals surface area contributed by atoms with Crippen molar-refractivity contribution in [3.63, 3.8) is 0 Å². The van der Waals surface area contributed by atoms with Crippen LogP contribution in [0.4, 0.5) is 5.82 Å². The second-order valence-corrected chi connectivity index (χ2v) is 4.75. The summed E-state index contributed by atoms with van der Waals surface area (Å²) in [6, 6.07) is 10.1. The largest absolute Gasteiger partial charge is 0.494 e. The van der Waals surface area contributed by atoms with E-state index in [1.54, 1.807) is 36.4 Å². The van der Waals surface area contributed by atoms with E-state index >= 15 is 0 Å². The van der Waals surface area contributed by atoms with Crippen LogP contribution in [0.3, 0.4) is 0 Å². The molecule has 0 saturated carbocycles. The molecule has 6 heteroatoms. The lowest BCUT2D eigenvalue weighted by Crippen LogP contribution is -2.13. The molecule has 0 aliphatic carbocycles. The Morgan fingerprint density at radius 2 is 1.77 bits per heavy atom. The summed E-state index contributed by atoms with van der Waals surface area (Å²) in [5.41, 5.74) is 0.427. The number of nitrogens with zero attached hydrogens (tertiary/aromatic N) is 1. The van der Waals surface area contributed by atoms with Crippen molar-refractivity contribution in [2.45, 2.75) is 13.8 Å². The molecule has 2 rings (SSSR count). The van der Waals surface area contributed by atoms with Gasteiger partial charge in [0.25, 0.3) is 5.91 Å². The Hall–Kier alpha value is -2.27. The van der Waals surface area contributed by atoms with Gasteiger partial charge in [0.15, 0.2) is 0 Å². The average molecular weight is 321 g/mol. The highest BCUT2D eigenvalue weighted by Crippen LogP contribution is 2.24. The van der Waals surface area contributed by atoms with Gasteiger partial charge in [0, 0.05) is 11.6 Å². The molecule has 0 bridgehead atoms. The monoisotopic (exact) mass is 320 g/mol. The van der Waals surface area contributed by atoms with E-state index in [9.17, 15) is 4.79 Å². The highest BCUT2D eigenvalue weighted by molar-refractivity contribution is 6.29. The fourth-order valence-electron chi connectivity index (χ4n) is 1.87. The number of hydrogen-bond donors (Lipinski definition) is 1. The van der Waals surface area contributed by atoms with E-state index in [1.807, 2.05) is 13.8 Å². The summed E-state index contributed by atoms with van der Waals surface area (Å²) in [5.74, 6) is 1.24. The number of carbonyl (C=O) groups excluding carboxylic acids is 1. The molecule has 0 unspecified atom stereocenters. The molecule has 0 radical (unpaired) electrons. The Kier molecular flexibility index (Phi) is 5.61. The van der Waals surface area contributed by atoms with Crippen molar-refractivity contribution in [1.82, 2.24) is 4.98 Å². The number of benzene rings is 1. The molecule has 1 aromatic carbocycles. The van der Waals surface area contributed by atoms with E-state index in [0.29, 0.717) is 41.2 Å². The molecule has 0 atom stereocenters. The van der Waals surface area contributed by atoms with Crippen molar-refractivity contribution in [2.75, 3.05) is 18.5 Å². The lowest BCUT2D eigenvalue weighted by atomic mass is 10.2. The molecule has 5 nitrogen and oxygen atoms in total. The Morgan fingerprint density at radius 1 is 1.14 bits per heavy atom. The number of pyridine rings is 1. The Labute approximate surface area is 134 Å². The Morgan fingerprint density at radius 3 is 2.32 bits per heavy atom. The zero-order chi connectivity index (χ0) is 15.9. The van der Waals surface area contributed by atoms with Crippen molar-refractivity contribution in [2.24, 2.45) is 0 Å². The first kappa shape index (κ1) is 16.1. The van der Waals surface area contributed by atoms with Crippen molar-refractivity contribution >= 4 is 23.3 Å². The Balaban J connectivity index is 2.23. The minimum absolute atomic E-state index is 0.308. The number of ether oxygens (including phenoxy) is 2. The number of anilines is 1. The van der Waals surface area contributed by atoms with Gasteiger partial charge in [0.2, 0.25) is 0 Å². The normalized spacial score (nSPS) is 10.1. The fraction of sp³-hybridized carbons (Fsp3) is 0.250. The van der Waals surface area contributed by atoms with Crippen molar-refractivity contribution in [1.29, 1.82) is 0 Å². The lowest BCUT2D eigenvalue weighted by Gasteiger charge is -2.11. The van der Waals surface area contributed by atoms with Gasteiger partial charge in [-0.25, -0.2) is 4.98 Å². The van der Waals surface area contributed by atoms with Crippen LogP contribution in [0.1, 0.15) is 24.2 Å². The maximum Gasteiger partial charge on any atom is 0.257 e. The third-order valence-electron chi connectivity index (χ3n) is 2.72. The third-order valence-corrected chi connectivity index (χ3v) is 2.93. The zero-order valence-electron chi connectivity index (χ0n) is 12.4. The van der Waals surface area contributed by atoms with Crippen LogP contribution in [0.5, 0.6) is 11.5 Å². The number of amides is 1. The molecule has 1 aromatic heterocycles. The quantitative estimate of drug-likeness (QED) is 0.823. The number of aromatic nitrogens is 1. The van der Waals surface area contributed by atoms with E-state index in [4.69, 9.17) is 21.1 Å². The number of nitrogens with one attached hydrogen (secondary N) is 1. The fourth-order valence-corrected chi connectivity index (χ4v) is 2.03. The predicted molar refractivity (Wildman–Crippen MR) is 86.0 cm³/mol.